The molecule has 42 heavy (non-hydrogen) atoms. The normalized spacial score (nSPS) is 11.5. The van der Waals surface area contributed by atoms with Gasteiger partial charge < -0.3 is 21.3 Å². The maximum Gasteiger partial charge on any atom is 0.360 e. The fourth-order valence-corrected chi connectivity index (χ4v) is 5.32. The van der Waals surface area contributed by atoms with E-state index in [1.807, 2.05) is 60.7 Å². The number of nitrogens with two attached hydrogens (primary N) is 2. The summed E-state index contributed by atoms with van der Waals surface area (Å²) >= 11 is 7.35. The third kappa shape index (κ3) is 7.35. The SMILES string of the molecule is Nc1ccc(-c2ccc(C(=CCSc3ccc(OC(Cl)C(=O)O)cc3)c3ccc(-c4ccc(N)cc4)cc3)cc2)cc1. The van der Waals surface area contributed by atoms with E-state index in [0.29, 0.717) is 5.75 Å². The number of rotatable bonds is 10. The van der Waals surface area contributed by atoms with Crippen molar-refractivity contribution >= 4 is 46.3 Å². The summed E-state index contributed by atoms with van der Waals surface area (Å²) in [5.41, 5.74) is 19.6. The van der Waals surface area contributed by atoms with Crippen LogP contribution < -0.4 is 16.2 Å². The van der Waals surface area contributed by atoms with Gasteiger partial charge in [0.2, 0.25) is 0 Å². The molecule has 210 valence electrons. The van der Waals surface area contributed by atoms with Crippen LogP contribution in [0.15, 0.2) is 132 Å². The topological polar surface area (TPSA) is 98.6 Å². The molecule has 1 unspecified atom stereocenters. The Bertz CT molecular complexity index is 1580. The van der Waals surface area contributed by atoms with Crippen LogP contribution in [0.25, 0.3) is 27.8 Å². The van der Waals surface area contributed by atoms with E-state index < -0.39 is 11.5 Å². The zero-order valence-electron chi connectivity index (χ0n) is 22.6. The maximum atomic E-state index is 10.9. The molecule has 0 saturated carbocycles. The predicted octanol–water partition coefficient (Wildman–Crippen LogP) is 8.44. The number of carboxylic acid groups (broad SMARTS) is 1. The third-order valence-corrected chi connectivity index (χ3v) is 7.89. The molecule has 0 aliphatic rings. The Kier molecular flexibility index (Phi) is 9.17. The number of aliphatic carboxylic acids is 1. The lowest BCUT2D eigenvalue weighted by atomic mass is 9.94. The Morgan fingerprint density at radius 3 is 1.50 bits per heavy atom. The largest absolute Gasteiger partial charge is 0.478 e. The van der Waals surface area contributed by atoms with Crippen LogP contribution in [0.5, 0.6) is 5.75 Å². The molecule has 0 amide bonds. The highest BCUT2D eigenvalue weighted by molar-refractivity contribution is 7.99. The van der Waals surface area contributed by atoms with Gasteiger partial charge in [0.25, 0.3) is 5.56 Å². The molecule has 0 fully saturated rings. The number of carbonyl (C=O) groups is 1. The quantitative estimate of drug-likeness (QED) is 0.0855. The molecular formula is C35H29ClN2O3S. The average Bonchev–Trinajstić information content (AvgIpc) is 3.01. The molecule has 5 aromatic carbocycles. The van der Waals surface area contributed by atoms with Gasteiger partial charge in [0.05, 0.1) is 0 Å². The van der Waals surface area contributed by atoms with Crippen molar-refractivity contribution in [2.75, 3.05) is 17.2 Å². The van der Waals surface area contributed by atoms with Crippen LogP contribution in [-0.4, -0.2) is 22.4 Å². The van der Waals surface area contributed by atoms with Gasteiger partial charge in [-0.25, -0.2) is 4.79 Å². The lowest BCUT2D eigenvalue weighted by Gasteiger charge is -2.12. The maximum absolute atomic E-state index is 10.9. The minimum absolute atomic E-state index is 0.403. The minimum atomic E-state index is -1.42. The highest BCUT2D eigenvalue weighted by Crippen LogP contribution is 2.31. The second kappa shape index (κ2) is 13.3. The van der Waals surface area contributed by atoms with Gasteiger partial charge in [0.1, 0.15) is 5.75 Å². The molecule has 0 bridgehead atoms. The van der Waals surface area contributed by atoms with Crippen molar-refractivity contribution in [3.8, 4) is 28.0 Å². The van der Waals surface area contributed by atoms with Crippen LogP contribution in [0.2, 0.25) is 0 Å². The Morgan fingerprint density at radius 2 is 1.10 bits per heavy atom. The summed E-state index contributed by atoms with van der Waals surface area (Å²) in [6, 6.07) is 40.1. The first-order valence-corrected chi connectivity index (χ1v) is 14.7. The number of alkyl halides is 1. The van der Waals surface area contributed by atoms with Gasteiger partial charge in [0, 0.05) is 22.0 Å². The first kappa shape index (κ1) is 28.9. The molecule has 1 atom stereocenters. The molecular weight excluding hydrogens is 564 g/mol. The van der Waals surface area contributed by atoms with Crippen molar-refractivity contribution in [1.82, 2.24) is 0 Å². The van der Waals surface area contributed by atoms with Crippen molar-refractivity contribution in [3.63, 3.8) is 0 Å². The number of thioether (sulfide) groups is 1. The van der Waals surface area contributed by atoms with Crippen molar-refractivity contribution < 1.29 is 14.6 Å². The Labute approximate surface area is 254 Å². The molecule has 5 rings (SSSR count). The van der Waals surface area contributed by atoms with Gasteiger partial charge in [-0.15, -0.1) is 11.8 Å². The number of ether oxygens (including phenoxy) is 1. The van der Waals surface area contributed by atoms with Crippen LogP contribution in [0, 0.1) is 0 Å². The van der Waals surface area contributed by atoms with Gasteiger partial charge in [-0.3, -0.25) is 0 Å². The van der Waals surface area contributed by atoms with E-state index in [-0.39, 0.29) is 0 Å². The number of benzene rings is 5. The van der Waals surface area contributed by atoms with Crippen molar-refractivity contribution in [1.29, 1.82) is 0 Å². The Hall–Kier alpha value is -4.65. The average molecular weight is 593 g/mol. The zero-order chi connectivity index (χ0) is 29.5. The number of carboxylic acids is 1. The molecule has 0 aliphatic carbocycles. The summed E-state index contributed by atoms with van der Waals surface area (Å²) in [4.78, 5) is 12.0. The lowest BCUT2D eigenvalue weighted by Crippen LogP contribution is -2.20. The van der Waals surface area contributed by atoms with Crippen LogP contribution in [-0.2, 0) is 4.79 Å². The minimum Gasteiger partial charge on any atom is -0.478 e. The van der Waals surface area contributed by atoms with Crippen LogP contribution >= 0.6 is 23.4 Å². The van der Waals surface area contributed by atoms with E-state index in [4.69, 9.17) is 32.9 Å². The number of hydrogen-bond donors (Lipinski definition) is 3. The second-order valence-corrected chi connectivity index (χ2v) is 11.1. The van der Waals surface area contributed by atoms with Gasteiger partial charge >= 0.3 is 5.97 Å². The second-order valence-electron chi connectivity index (χ2n) is 9.57. The number of hydrogen-bond acceptors (Lipinski definition) is 5. The van der Waals surface area contributed by atoms with E-state index >= 15 is 0 Å². The number of nitrogen functional groups attached to an aromatic ring is 2. The summed E-state index contributed by atoms with van der Waals surface area (Å²) in [5, 5.41) is 8.94. The molecule has 0 aromatic heterocycles. The standard InChI is InChI=1S/C35H29ClN2O3S/c36-34(35(39)40)41-31-17-19-32(20-18-31)42-22-21-33(27-5-1-23(2-6-27)25-9-13-29(37)14-10-25)28-7-3-24(4-8-28)26-11-15-30(38)16-12-26/h1-21,34H,22,37-38H2,(H,39,40). The first-order valence-electron chi connectivity index (χ1n) is 13.2. The van der Waals surface area contributed by atoms with E-state index in [2.05, 4.69) is 54.6 Å². The zero-order valence-corrected chi connectivity index (χ0v) is 24.2. The van der Waals surface area contributed by atoms with E-state index in [1.54, 1.807) is 23.9 Å². The molecule has 0 heterocycles. The molecule has 0 spiro atoms. The van der Waals surface area contributed by atoms with Crippen molar-refractivity contribution in [2.45, 2.75) is 10.5 Å². The first-order chi connectivity index (χ1) is 20.4. The number of anilines is 2. The van der Waals surface area contributed by atoms with E-state index in [9.17, 15) is 4.79 Å². The highest BCUT2D eigenvalue weighted by atomic mass is 35.5. The molecule has 0 radical (unpaired) electrons. The summed E-state index contributed by atoms with van der Waals surface area (Å²) in [6.45, 7) is 0. The molecule has 0 aliphatic heterocycles. The predicted molar refractivity (Wildman–Crippen MR) is 175 cm³/mol. The van der Waals surface area contributed by atoms with E-state index in [0.717, 1.165) is 61.0 Å². The van der Waals surface area contributed by atoms with Crippen LogP contribution in [0.1, 0.15) is 11.1 Å². The van der Waals surface area contributed by atoms with Crippen molar-refractivity contribution in [3.05, 3.63) is 139 Å². The smallest absolute Gasteiger partial charge is 0.360 e. The molecule has 5 aromatic rings. The van der Waals surface area contributed by atoms with Crippen molar-refractivity contribution in [2.24, 2.45) is 0 Å². The van der Waals surface area contributed by atoms with Gasteiger partial charge in [-0.2, -0.15) is 0 Å². The fourth-order valence-electron chi connectivity index (χ4n) is 4.44. The summed E-state index contributed by atoms with van der Waals surface area (Å²) in [6.07, 6.45) is 2.23. The molecule has 5 nitrogen and oxygen atoms in total. The summed E-state index contributed by atoms with van der Waals surface area (Å²) < 4.78 is 5.22. The van der Waals surface area contributed by atoms with Crippen LogP contribution in [0.3, 0.4) is 0 Å². The Morgan fingerprint density at radius 1 is 0.690 bits per heavy atom. The lowest BCUT2D eigenvalue weighted by molar-refractivity contribution is -0.141. The fraction of sp³-hybridized carbons (Fsp3) is 0.0571. The molecule has 5 N–H and O–H groups in total. The summed E-state index contributed by atoms with van der Waals surface area (Å²) in [7, 11) is 0. The third-order valence-electron chi connectivity index (χ3n) is 6.67. The van der Waals surface area contributed by atoms with Gasteiger partial charge in [-0.1, -0.05) is 90.5 Å². The summed E-state index contributed by atoms with van der Waals surface area (Å²) in [5.74, 6) is -0.0986. The monoisotopic (exact) mass is 592 g/mol. The van der Waals surface area contributed by atoms with E-state index in [1.165, 1.54) is 0 Å². The highest BCUT2D eigenvalue weighted by Gasteiger charge is 2.15. The number of halogens is 1. The van der Waals surface area contributed by atoms with Gasteiger partial charge in [-0.05, 0) is 87.5 Å². The molecule has 0 saturated heterocycles. The van der Waals surface area contributed by atoms with Crippen LogP contribution in [0.4, 0.5) is 11.4 Å². The molecule has 7 heteroatoms. The Balaban J connectivity index is 1.38. The van der Waals surface area contributed by atoms with Gasteiger partial charge in [0.15, 0.2) is 0 Å².